The minimum absolute atomic E-state index is 0.0668. The highest BCUT2D eigenvalue weighted by Crippen LogP contribution is 2.15. The molecule has 0 aliphatic carbocycles. The van der Waals surface area contributed by atoms with E-state index in [2.05, 4.69) is 10.6 Å². The molecule has 2 rings (SSSR count). The molecule has 1 atom stereocenters. The second kappa shape index (κ2) is 7.59. The van der Waals surface area contributed by atoms with Crippen molar-refractivity contribution >= 4 is 29.1 Å². The summed E-state index contributed by atoms with van der Waals surface area (Å²) in [7, 11) is 0. The van der Waals surface area contributed by atoms with Crippen LogP contribution in [0.25, 0.3) is 0 Å². The summed E-state index contributed by atoms with van der Waals surface area (Å²) in [6, 6.07) is 15.2. The van der Waals surface area contributed by atoms with Gasteiger partial charge >= 0.3 is 11.8 Å². The molecule has 0 saturated carbocycles. The molecule has 22 heavy (non-hydrogen) atoms. The summed E-state index contributed by atoms with van der Waals surface area (Å²) in [5, 5.41) is 15.3. The number of hydrogen-bond donors (Lipinski definition) is 3. The number of para-hydroxylation sites is 1. The zero-order chi connectivity index (χ0) is 15.9. The SMILES string of the molecule is O=C(NCC(O)c1ccc(Cl)cc1)C(=O)Nc1ccccc1. The van der Waals surface area contributed by atoms with E-state index in [-0.39, 0.29) is 6.54 Å². The Labute approximate surface area is 132 Å². The van der Waals surface area contributed by atoms with Crippen molar-refractivity contribution in [3.05, 3.63) is 65.2 Å². The van der Waals surface area contributed by atoms with Gasteiger partial charge in [0.15, 0.2) is 0 Å². The molecule has 0 bridgehead atoms. The molecule has 2 aromatic carbocycles. The van der Waals surface area contributed by atoms with E-state index < -0.39 is 17.9 Å². The van der Waals surface area contributed by atoms with Gasteiger partial charge in [-0.3, -0.25) is 9.59 Å². The van der Waals surface area contributed by atoms with Gasteiger partial charge in [0, 0.05) is 17.3 Å². The number of amides is 2. The second-order valence-corrected chi connectivity index (χ2v) is 5.03. The molecule has 0 heterocycles. The number of benzene rings is 2. The maximum Gasteiger partial charge on any atom is 0.313 e. The smallest absolute Gasteiger partial charge is 0.313 e. The van der Waals surface area contributed by atoms with Gasteiger partial charge < -0.3 is 15.7 Å². The van der Waals surface area contributed by atoms with Gasteiger partial charge in [-0.1, -0.05) is 41.9 Å². The largest absolute Gasteiger partial charge is 0.387 e. The molecule has 0 spiro atoms. The number of carbonyl (C=O) groups is 2. The Bertz CT molecular complexity index is 644. The Morgan fingerprint density at radius 3 is 2.27 bits per heavy atom. The molecule has 0 saturated heterocycles. The predicted molar refractivity (Wildman–Crippen MR) is 84.5 cm³/mol. The van der Waals surface area contributed by atoms with Gasteiger partial charge in [-0.05, 0) is 29.8 Å². The first kappa shape index (κ1) is 16.0. The van der Waals surface area contributed by atoms with Crippen LogP contribution in [0.2, 0.25) is 5.02 Å². The molecule has 1 unspecified atom stereocenters. The fourth-order valence-corrected chi connectivity index (χ4v) is 1.91. The summed E-state index contributed by atoms with van der Waals surface area (Å²) in [5.74, 6) is -1.59. The summed E-state index contributed by atoms with van der Waals surface area (Å²) >= 11 is 5.76. The van der Waals surface area contributed by atoms with Gasteiger partial charge in [0.2, 0.25) is 0 Å². The minimum atomic E-state index is -0.911. The topological polar surface area (TPSA) is 78.4 Å². The predicted octanol–water partition coefficient (Wildman–Crippen LogP) is 2.13. The zero-order valence-electron chi connectivity index (χ0n) is 11.6. The van der Waals surface area contributed by atoms with Crippen LogP contribution in [-0.2, 0) is 9.59 Å². The van der Waals surface area contributed by atoms with Crippen LogP contribution in [0.4, 0.5) is 5.69 Å². The number of nitrogens with one attached hydrogen (secondary N) is 2. The average molecular weight is 319 g/mol. The van der Waals surface area contributed by atoms with E-state index in [1.807, 2.05) is 0 Å². The van der Waals surface area contributed by atoms with E-state index >= 15 is 0 Å². The second-order valence-electron chi connectivity index (χ2n) is 4.60. The highest BCUT2D eigenvalue weighted by Gasteiger charge is 2.15. The summed E-state index contributed by atoms with van der Waals surface area (Å²) in [4.78, 5) is 23.4. The van der Waals surface area contributed by atoms with E-state index in [4.69, 9.17) is 11.6 Å². The van der Waals surface area contributed by atoms with Crippen LogP contribution in [0, 0.1) is 0 Å². The molecule has 0 aromatic heterocycles. The number of carbonyl (C=O) groups excluding carboxylic acids is 2. The van der Waals surface area contributed by atoms with E-state index in [9.17, 15) is 14.7 Å². The molecule has 0 aliphatic rings. The van der Waals surface area contributed by atoms with Gasteiger partial charge in [-0.15, -0.1) is 0 Å². The zero-order valence-corrected chi connectivity index (χ0v) is 12.4. The molecular formula is C16H15ClN2O3. The van der Waals surface area contributed by atoms with Crippen molar-refractivity contribution in [1.82, 2.24) is 5.32 Å². The molecule has 2 aromatic rings. The van der Waals surface area contributed by atoms with Crippen molar-refractivity contribution in [2.75, 3.05) is 11.9 Å². The van der Waals surface area contributed by atoms with Gasteiger partial charge in [0.25, 0.3) is 0 Å². The Hall–Kier alpha value is -2.37. The van der Waals surface area contributed by atoms with Crippen molar-refractivity contribution in [3.8, 4) is 0 Å². The monoisotopic (exact) mass is 318 g/mol. The quantitative estimate of drug-likeness (QED) is 0.756. The highest BCUT2D eigenvalue weighted by molar-refractivity contribution is 6.39. The van der Waals surface area contributed by atoms with Crippen molar-refractivity contribution in [2.45, 2.75) is 6.10 Å². The molecule has 6 heteroatoms. The molecule has 3 N–H and O–H groups in total. The third kappa shape index (κ3) is 4.58. The van der Waals surface area contributed by atoms with E-state index in [1.165, 1.54) is 0 Å². The van der Waals surface area contributed by atoms with Crippen LogP contribution in [0.1, 0.15) is 11.7 Å². The number of rotatable bonds is 4. The van der Waals surface area contributed by atoms with Crippen molar-refractivity contribution < 1.29 is 14.7 Å². The first-order chi connectivity index (χ1) is 10.6. The number of hydrogen-bond acceptors (Lipinski definition) is 3. The van der Waals surface area contributed by atoms with E-state index in [0.717, 1.165) is 0 Å². The van der Waals surface area contributed by atoms with Crippen molar-refractivity contribution in [3.63, 3.8) is 0 Å². The highest BCUT2D eigenvalue weighted by atomic mass is 35.5. The lowest BCUT2D eigenvalue weighted by Gasteiger charge is -2.12. The molecular weight excluding hydrogens is 304 g/mol. The lowest BCUT2D eigenvalue weighted by molar-refractivity contribution is -0.136. The van der Waals surface area contributed by atoms with Crippen molar-refractivity contribution in [2.24, 2.45) is 0 Å². The molecule has 114 valence electrons. The first-order valence-corrected chi connectivity index (χ1v) is 7.02. The summed E-state index contributed by atoms with van der Waals surface area (Å²) < 4.78 is 0. The Kier molecular flexibility index (Phi) is 5.52. The molecule has 0 radical (unpaired) electrons. The van der Waals surface area contributed by atoms with Gasteiger partial charge in [-0.2, -0.15) is 0 Å². The fraction of sp³-hybridized carbons (Fsp3) is 0.125. The number of aliphatic hydroxyl groups excluding tert-OH is 1. The van der Waals surface area contributed by atoms with Crippen LogP contribution in [0.15, 0.2) is 54.6 Å². The maximum atomic E-state index is 11.7. The normalized spacial score (nSPS) is 11.5. The lowest BCUT2D eigenvalue weighted by atomic mass is 10.1. The number of halogens is 1. The van der Waals surface area contributed by atoms with Crippen LogP contribution in [-0.4, -0.2) is 23.5 Å². The Morgan fingerprint density at radius 1 is 1.00 bits per heavy atom. The number of anilines is 1. The van der Waals surface area contributed by atoms with Crippen LogP contribution >= 0.6 is 11.6 Å². The Balaban J connectivity index is 1.84. The third-order valence-electron chi connectivity index (χ3n) is 2.95. The van der Waals surface area contributed by atoms with Crippen LogP contribution in [0.5, 0.6) is 0 Å². The average Bonchev–Trinajstić information content (AvgIpc) is 2.53. The van der Waals surface area contributed by atoms with Gasteiger partial charge in [0.1, 0.15) is 0 Å². The fourth-order valence-electron chi connectivity index (χ4n) is 1.78. The van der Waals surface area contributed by atoms with Crippen molar-refractivity contribution in [1.29, 1.82) is 0 Å². The summed E-state index contributed by atoms with van der Waals surface area (Å²) in [5.41, 5.74) is 1.13. The third-order valence-corrected chi connectivity index (χ3v) is 3.20. The molecule has 0 aliphatic heterocycles. The molecule has 5 nitrogen and oxygen atoms in total. The molecule has 2 amide bonds. The minimum Gasteiger partial charge on any atom is -0.387 e. The van der Waals surface area contributed by atoms with Gasteiger partial charge in [0.05, 0.1) is 6.10 Å². The molecule has 0 fully saturated rings. The summed E-state index contributed by atoms with van der Waals surface area (Å²) in [6.07, 6.45) is -0.911. The summed E-state index contributed by atoms with van der Waals surface area (Å²) in [6.45, 7) is -0.0668. The van der Waals surface area contributed by atoms with E-state index in [1.54, 1.807) is 54.6 Å². The maximum absolute atomic E-state index is 11.7. The first-order valence-electron chi connectivity index (χ1n) is 6.64. The number of aliphatic hydroxyl groups is 1. The van der Waals surface area contributed by atoms with Crippen LogP contribution < -0.4 is 10.6 Å². The van der Waals surface area contributed by atoms with Gasteiger partial charge in [-0.25, -0.2) is 0 Å². The Morgan fingerprint density at radius 2 is 1.64 bits per heavy atom. The standard InChI is InChI=1S/C16H15ClN2O3/c17-12-8-6-11(7-9-12)14(20)10-18-15(21)16(22)19-13-4-2-1-3-5-13/h1-9,14,20H,10H2,(H,18,21)(H,19,22). The lowest BCUT2D eigenvalue weighted by Crippen LogP contribution is -2.37. The van der Waals surface area contributed by atoms with E-state index in [0.29, 0.717) is 16.3 Å². The van der Waals surface area contributed by atoms with Crippen LogP contribution in [0.3, 0.4) is 0 Å².